The lowest BCUT2D eigenvalue weighted by Gasteiger charge is -2.35. The van der Waals surface area contributed by atoms with Gasteiger partial charge < -0.3 is 19.3 Å². The van der Waals surface area contributed by atoms with Gasteiger partial charge in [0.25, 0.3) is 0 Å². The number of rotatable bonds is 11. The van der Waals surface area contributed by atoms with E-state index >= 15 is 0 Å². The first-order valence-corrected chi connectivity index (χ1v) is 15.2. The van der Waals surface area contributed by atoms with Crippen molar-refractivity contribution in [2.24, 2.45) is 0 Å². The van der Waals surface area contributed by atoms with Gasteiger partial charge in [-0.15, -0.1) is 0 Å². The van der Waals surface area contributed by atoms with Crippen molar-refractivity contribution in [3.05, 3.63) is 58.6 Å². The Morgan fingerprint density at radius 1 is 1.08 bits per heavy atom. The van der Waals surface area contributed by atoms with Gasteiger partial charge in [0.1, 0.15) is 10.6 Å². The highest BCUT2D eigenvalue weighted by Crippen LogP contribution is 2.30. The summed E-state index contributed by atoms with van der Waals surface area (Å²) in [4.78, 5) is 16.9. The third-order valence-corrected chi connectivity index (χ3v) is 8.73. The minimum absolute atomic E-state index is 0.0462. The van der Waals surface area contributed by atoms with Gasteiger partial charge in [0, 0.05) is 43.7 Å². The van der Waals surface area contributed by atoms with Crippen LogP contribution in [-0.4, -0.2) is 69.4 Å². The second-order valence-corrected chi connectivity index (χ2v) is 11.9. The highest BCUT2D eigenvalue weighted by atomic mass is 35.5. The number of nitrogens with one attached hydrogen (secondary N) is 1. The standard InChI is InChI=1S/C28H38ClN3O4S/c1-2-15-31(16-3-4-17-32-18-14-30-13-12-28(32)33)25-10-8-23-20-26(11-9-22(23)19-25)36-37(34,35)27-7-5-6-24(29)21-27/h5-7,9,11,20-21,25,30H,2-4,8,10,12-19H2,1H3. The fourth-order valence-electron chi connectivity index (χ4n) is 5.31. The molecule has 1 fully saturated rings. The maximum atomic E-state index is 12.7. The number of nitrogens with zero attached hydrogens (tertiary/aromatic N) is 2. The molecular formula is C28H38ClN3O4S. The van der Waals surface area contributed by atoms with Crippen molar-refractivity contribution in [3.8, 4) is 5.75 Å². The number of halogens is 1. The van der Waals surface area contributed by atoms with Crippen LogP contribution in [0.1, 0.15) is 50.2 Å². The summed E-state index contributed by atoms with van der Waals surface area (Å²) in [5, 5.41) is 3.65. The molecule has 1 N–H and O–H groups in total. The molecule has 1 saturated heterocycles. The molecule has 202 valence electrons. The van der Waals surface area contributed by atoms with E-state index in [9.17, 15) is 13.2 Å². The Balaban J connectivity index is 1.32. The maximum absolute atomic E-state index is 12.7. The first-order valence-electron chi connectivity index (χ1n) is 13.4. The summed E-state index contributed by atoms with van der Waals surface area (Å²) in [5.74, 6) is 0.601. The van der Waals surface area contributed by atoms with E-state index in [1.807, 2.05) is 17.0 Å². The predicted molar refractivity (Wildman–Crippen MR) is 147 cm³/mol. The second-order valence-electron chi connectivity index (χ2n) is 9.95. The summed E-state index contributed by atoms with van der Waals surface area (Å²) in [6.07, 6.45) is 6.69. The quantitative estimate of drug-likeness (QED) is 0.334. The van der Waals surface area contributed by atoms with E-state index in [0.717, 1.165) is 83.4 Å². The van der Waals surface area contributed by atoms with Crippen molar-refractivity contribution in [1.82, 2.24) is 15.1 Å². The summed E-state index contributed by atoms with van der Waals surface area (Å²) in [6.45, 7) is 7.63. The summed E-state index contributed by atoms with van der Waals surface area (Å²) >= 11 is 5.96. The molecule has 2 aromatic rings. The van der Waals surface area contributed by atoms with Crippen LogP contribution in [0.15, 0.2) is 47.4 Å². The van der Waals surface area contributed by atoms with Crippen LogP contribution in [0.4, 0.5) is 0 Å². The maximum Gasteiger partial charge on any atom is 0.339 e. The largest absolute Gasteiger partial charge is 0.379 e. The lowest BCUT2D eigenvalue weighted by atomic mass is 9.87. The van der Waals surface area contributed by atoms with Gasteiger partial charge in [0.2, 0.25) is 5.91 Å². The molecule has 0 bridgehead atoms. The second kappa shape index (κ2) is 13.1. The van der Waals surface area contributed by atoms with Gasteiger partial charge in [0.05, 0.1) is 0 Å². The van der Waals surface area contributed by atoms with E-state index in [4.69, 9.17) is 15.8 Å². The number of hydrogen-bond acceptors (Lipinski definition) is 6. The molecule has 0 radical (unpaired) electrons. The number of benzene rings is 2. The van der Waals surface area contributed by atoms with Crippen LogP contribution in [0.2, 0.25) is 5.02 Å². The monoisotopic (exact) mass is 547 g/mol. The number of unbranched alkanes of at least 4 members (excludes halogenated alkanes) is 1. The van der Waals surface area contributed by atoms with Crippen LogP contribution in [0, 0.1) is 0 Å². The molecule has 0 spiro atoms. The Kier molecular flexibility index (Phi) is 9.87. The normalized spacial score (nSPS) is 18.5. The van der Waals surface area contributed by atoms with Gasteiger partial charge in [-0.1, -0.05) is 30.7 Å². The van der Waals surface area contributed by atoms with Crippen LogP contribution < -0.4 is 9.50 Å². The van der Waals surface area contributed by atoms with Gasteiger partial charge in [0.15, 0.2) is 0 Å². The fourth-order valence-corrected chi connectivity index (χ4v) is 6.53. The average molecular weight is 548 g/mol. The lowest BCUT2D eigenvalue weighted by Crippen LogP contribution is -2.41. The fraction of sp³-hybridized carbons (Fsp3) is 0.536. The molecule has 1 heterocycles. The molecule has 1 atom stereocenters. The summed E-state index contributed by atoms with van der Waals surface area (Å²) in [6, 6.07) is 12.2. The first kappa shape index (κ1) is 27.9. The van der Waals surface area contributed by atoms with Gasteiger partial charge in [-0.3, -0.25) is 4.79 Å². The molecule has 1 amide bonds. The van der Waals surface area contributed by atoms with E-state index < -0.39 is 10.1 Å². The Labute approximate surface area is 226 Å². The average Bonchev–Trinajstić information content (AvgIpc) is 3.09. The van der Waals surface area contributed by atoms with Crippen molar-refractivity contribution in [2.45, 2.75) is 62.8 Å². The van der Waals surface area contributed by atoms with E-state index in [2.05, 4.69) is 17.1 Å². The van der Waals surface area contributed by atoms with Crippen molar-refractivity contribution >= 4 is 27.6 Å². The summed E-state index contributed by atoms with van der Waals surface area (Å²) < 4.78 is 30.8. The molecule has 0 saturated carbocycles. The molecule has 1 aliphatic carbocycles. The Morgan fingerprint density at radius 2 is 1.95 bits per heavy atom. The number of amides is 1. The number of hydrogen-bond donors (Lipinski definition) is 1. The summed E-state index contributed by atoms with van der Waals surface area (Å²) in [7, 11) is -3.94. The first-order chi connectivity index (χ1) is 17.9. The number of aryl methyl sites for hydroxylation is 1. The van der Waals surface area contributed by atoms with Crippen molar-refractivity contribution in [1.29, 1.82) is 0 Å². The molecule has 2 aromatic carbocycles. The van der Waals surface area contributed by atoms with Gasteiger partial charge in [-0.2, -0.15) is 8.42 Å². The molecular weight excluding hydrogens is 510 g/mol. The highest BCUT2D eigenvalue weighted by molar-refractivity contribution is 7.87. The van der Waals surface area contributed by atoms with E-state index in [1.165, 1.54) is 17.7 Å². The molecule has 1 unspecified atom stereocenters. The van der Waals surface area contributed by atoms with Gasteiger partial charge in [-0.05, 0) is 93.1 Å². The van der Waals surface area contributed by atoms with Crippen LogP contribution >= 0.6 is 11.6 Å². The molecule has 37 heavy (non-hydrogen) atoms. The molecule has 7 nitrogen and oxygen atoms in total. The van der Waals surface area contributed by atoms with Gasteiger partial charge >= 0.3 is 10.1 Å². The third-order valence-electron chi connectivity index (χ3n) is 7.25. The van der Waals surface area contributed by atoms with E-state index in [0.29, 0.717) is 23.2 Å². The zero-order valence-corrected chi connectivity index (χ0v) is 23.2. The Bertz CT molecular complexity index is 1170. The Hall–Kier alpha value is -2.13. The minimum Gasteiger partial charge on any atom is -0.379 e. The highest BCUT2D eigenvalue weighted by Gasteiger charge is 2.25. The van der Waals surface area contributed by atoms with Crippen LogP contribution in [0.3, 0.4) is 0 Å². The SMILES string of the molecule is CCCN(CCCCN1CCNCCC1=O)C1CCc2cc(OS(=O)(=O)c3cccc(Cl)c3)ccc2C1. The Morgan fingerprint density at radius 3 is 2.76 bits per heavy atom. The smallest absolute Gasteiger partial charge is 0.339 e. The molecule has 4 rings (SSSR count). The third kappa shape index (κ3) is 7.69. The topological polar surface area (TPSA) is 79.0 Å². The molecule has 2 aliphatic rings. The zero-order valence-electron chi connectivity index (χ0n) is 21.6. The van der Waals surface area contributed by atoms with Gasteiger partial charge in [-0.25, -0.2) is 0 Å². The molecule has 0 aromatic heterocycles. The molecule has 9 heteroatoms. The summed E-state index contributed by atoms with van der Waals surface area (Å²) in [5.41, 5.74) is 2.41. The van der Waals surface area contributed by atoms with Crippen LogP contribution in [-0.2, 0) is 27.8 Å². The van der Waals surface area contributed by atoms with Crippen molar-refractivity contribution < 1.29 is 17.4 Å². The predicted octanol–water partition coefficient (Wildman–Crippen LogP) is 4.28. The van der Waals surface area contributed by atoms with Crippen LogP contribution in [0.5, 0.6) is 5.75 Å². The zero-order chi connectivity index (χ0) is 26.3. The van der Waals surface area contributed by atoms with Crippen LogP contribution in [0.25, 0.3) is 0 Å². The number of carbonyl (C=O) groups is 1. The number of carbonyl (C=O) groups excluding carboxylic acids is 1. The van der Waals surface area contributed by atoms with E-state index in [1.54, 1.807) is 18.2 Å². The number of fused-ring (bicyclic) bond motifs is 1. The van der Waals surface area contributed by atoms with E-state index in [-0.39, 0.29) is 10.8 Å². The molecule has 1 aliphatic heterocycles. The van der Waals surface area contributed by atoms with Crippen molar-refractivity contribution in [3.63, 3.8) is 0 Å². The van der Waals surface area contributed by atoms with Crippen molar-refractivity contribution in [2.75, 3.05) is 39.3 Å². The minimum atomic E-state index is -3.94. The lowest BCUT2D eigenvalue weighted by molar-refractivity contribution is -0.130.